The maximum absolute atomic E-state index is 13.0. The number of carbonyl (C=O) groups excluding carboxylic acids is 2. The van der Waals surface area contributed by atoms with E-state index in [0.717, 1.165) is 52.1 Å². The van der Waals surface area contributed by atoms with Gasteiger partial charge in [-0.3, -0.25) is 14.9 Å². The van der Waals surface area contributed by atoms with E-state index >= 15 is 0 Å². The normalized spacial score (nSPS) is 27.6. The number of amides is 2. The molecule has 0 aliphatic heterocycles. The zero-order chi connectivity index (χ0) is 22.4. The second kappa shape index (κ2) is 8.44. The van der Waals surface area contributed by atoms with Gasteiger partial charge in [-0.05, 0) is 80.5 Å². The van der Waals surface area contributed by atoms with Gasteiger partial charge in [0.15, 0.2) is 5.13 Å². The molecule has 33 heavy (non-hydrogen) atoms. The van der Waals surface area contributed by atoms with Crippen molar-refractivity contribution in [3.63, 3.8) is 0 Å². The summed E-state index contributed by atoms with van der Waals surface area (Å²) in [4.78, 5) is 31.2. The molecule has 4 fully saturated rings. The lowest BCUT2D eigenvalue weighted by molar-refractivity contribution is -0.124. The largest absolute Gasteiger partial charge is 0.350 e. The van der Waals surface area contributed by atoms with Crippen molar-refractivity contribution in [1.82, 2.24) is 10.3 Å². The van der Waals surface area contributed by atoms with Crippen LogP contribution in [0.25, 0.3) is 10.2 Å². The van der Waals surface area contributed by atoms with Gasteiger partial charge in [-0.25, -0.2) is 4.98 Å². The van der Waals surface area contributed by atoms with E-state index in [1.807, 2.05) is 48.5 Å². The Morgan fingerprint density at radius 2 is 1.64 bits per heavy atom. The molecule has 2 amide bonds. The lowest BCUT2D eigenvalue weighted by atomic mass is 9.53. The first kappa shape index (κ1) is 21.2. The molecule has 4 aliphatic carbocycles. The van der Waals surface area contributed by atoms with Gasteiger partial charge in [0.1, 0.15) is 0 Å². The molecule has 1 heterocycles. The second-order valence-electron chi connectivity index (χ2n) is 9.97. The predicted octanol–water partition coefficient (Wildman–Crippen LogP) is 5.73. The lowest BCUT2D eigenvalue weighted by Crippen LogP contribution is -2.60. The zero-order valence-electron chi connectivity index (χ0n) is 18.4. The van der Waals surface area contributed by atoms with Gasteiger partial charge in [0.25, 0.3) is 5.91 Å². The molecular weight excluding hydrogens is 450 g/mol. The molecule has 3 aromatic rings. The Morgan fingerprint density at radius 3 is 2.36 bits per heavy atom. The van der Waals surface area contributed by atoms with Crippen molar-refractivity contribution in [1.29, 1.82) is 0 Å². The first-order valence-electron chi connectivity index (χ1n) is 11.7. The number of carbonyl (C=O) groups is 2. The Kier molecular flexibility index (Phi) is 5.41. The van der Waals surface area contributed by atoms with E-state index in [-0.39, 0.29) is 17.4 Å². The third-order valence-electron chi connectivity index (χ3n) is 7.45. The first-order valence-corrected chi connectivity index (χ1v) is 13.6. The summed E-state index contributed by atoms with van der Waals surface area (Å²) in [7, 11) is 0. The summed E-state index contributed by atoms with van der Waals surface area (Å²) in [5, 5.41) is 6.95. The van der Waals surface area contributed by atoms with E-state index in [9.17, 15) is 9.59 Å². The molecule has 7 heteroatoms. The van der Waals surface area contributed by atoms with Crippen LogP contribution in [-0.4, -0.2) is 28.1 Å². The van der Waals surface area contributed by atoms with Crippen LogP contribution in [-0.2, 0) is 4.79 Å². The number of thioether (sulfide) groups is 1. The molecule has 5 nitrogen and oxygen atoms in total. The Bertz CT molecular complexity index is 1150. The van der Waals surface area contributed by atoms with Gasteiger partial charge in [0, 0.05) is 10.4 Å². The maximum Gasteiger partial charge on any atom is 0.258 e. The molecule has 4 saturated carbocycles. The minimum absolute atomic E-state index is 0.0239. The number of thiazole rings is 1. The number of nitrogens with zero attached hydrogens (tertiary/aromatic N) is 1. The average molecular weight is 478 g/mol. The van der Waals surface area contributed by atoms with Crippen LogP contribution in [0.2, 0.25) is 0 Å². The van der Waals surface area contributed by atoms with Gasteiger partial charge in [-0.1, -0.05) is 35.6 Å². The lowest BCUT2D eigenvalue weighted by Gasteiger charge is -2.56. The number of aromatic nitrogens is 1. The monoisotopic (exact) mass is 477 g/mol. The molecule has 7 rings (SSSR count). The van der Waals surface area contributed by atoms with Crippen molar-refractivity contribution in [2.24, 2.45) is 17.8 Å². The van der Waals surface area contributed by atoms with Gasteiger partial charge < -0.3 is 5.32 Å². The first-order chi connectivity index (χ1) is 16.1. The predicted molar refractivity (Wildman–Crippen MR) is 134 cm³/mol. The Labute approximate surface area is 201 Å². The van der Waals surface area contributed by atoms with Gasteiger partial charge in [-0.15, -0.1) is 11.8 Å². The van der Waals surface area contributed by atoms with Gasteiger partial charge in [0.05, 0.1) is 21.5 Å². The van der Waals surface area contributed by atoms with Crippen molar-refractivity contribution >= 4 is 50.3 Å². The number of hydrogen-bond donors (Lipinski definition) is 2. The Morgan fingerprint density at radius 1 is 0.970 bits per heavy atom. The minimum Gasteiger partial charge on any atom is -0.350 e. The second-order valence-corrected chi connectivity index (χ2v) is 12.0. The highest BCUT2D eigenvalue weighted by molar-refractivity contribution is 8.00. The van der Waals surface area contributed by atoms with E-state index in [1.54, 1.807) is 0 Å². The van der Waals surface area contributed by atoms with E-state index in [4.69, 9.17) is 0 Å². The summed E-state index contributed by atoms with van der Waals surface area (Å²) in [6, 6.07) is 15.3. The van der Waals surface area contributed by atoms with Gasteiger partial charge in [0.2, 0.25) is 5.91 Å². The molecule has 0 radical (unpaired) electrons. The molecule has 4 aliphatic rings. The summed E-state index contributed by atoms with van der Waals surface area (Å²) in [5.41, 5.74) is 1.47. The smallest absolute Gasteiger partial charge is 0.258 e. The molecule has 1 aromatic heterocycles. The molecule has 2 N–H and O–H groups in total. The van der Waals surface area contributed by atoms with Crippen LogP contribution in [0, 0.1) is 17.8 Å². The van der Waals surface area contributed by atoms with Crippen molar-refractivity contribution < 1.29 is 9.59 Å². The summed E-state index contributed by atoms with van der Waals surface area (Å²) < 4.78 is 1.04. The fourth-order valence-corrected chi connectivity index (χ4v) is 8.32. The Balaban J connectivity index is 1.11. The third-order valence-corrected chi connectivity index (χ3v) is 9.47. The van der Waals surface area contributed by atoms with Gasteiger partial charge in [-0.2, -0.15) is 0 Å². The van der Waals surface area contributed by atoms with Crippen molar-refractivity contribution in [3.8, 4) is 0 Å². The number of para-hydroxylation sites is 1. The van der Waals surface area contributed by atoms with Crippen molar-refractivity contribution in [2.75, 3.05) is 11.1 Å². The van der Waals surface area contributed by atoms with Crippen molar-refractivity contribution in [2.45, 2.75) is 49.0 Å². The quantitative estimate of drug-likeness (QED) is 0.445. The molecule has 170 valence electrons. The van der Waals surface area contributed by atoms with Crippen LogP contribution in [0.15, 0.2) is 53.4 Å². The van der Waals surface area contributed by atoms with E-state index in [2.05, 4.69) is 15.6 Å². The standard InChI is InChI=1S/C26H27N3O2S2/c30-23(29-26-12-16-9-17(13-26)11-18(10-16)14-26)15-32-21-7-3-1-5-19(21)24(31)28-25-27-20-6-2-4-8-22(20)33-25/h1-8,16-18H,9-15H2,(H,29,30)(H,27,28,31). The Hall–Kier alpha value is -2.38. The topological polar surface area (TPSA) is 71.1 Å². The average Bonchev–Trinajstić information content (AvgIpc) is 3.19. The van der Waals surface area contributed by atoms with E-state index in [1.165, 1.54) is 42.4 Å². The van der Waals surface area contributed by atoms with Crippen LogP contribution in [0.1, 0.15) is 48.9 Å². The summed E-state index contributed by atoms with van der Waals surface area (Å²) in [6.45, 7) is 0. The number of hydrogen-bond acceptors (Lipinski definition) is 5. The SMILES string of the molecule is O=C(CSc1ccccc1C(=O)Nc1nc2ccccc2s1)NC12CC3CC(CC(C3)C1)C2. The number of anilines is 1. The molecule has 0 unspecified atom stereocenters. The summed E-state index contributed by atoms with van der Waals surface area (Å²) in [6.07, 6.45) is 7.53. The third kappa shape index (κ3) is 4.28. The molecule has 0 saturated heterocycles. The van der Waals surface area contributed by atoms with Crippen LogP contribution in [0.3, 0.4) is 0 Å². The fraction of sp³-hybridized carbons (Fsp3) is 0.423. The molecule has 4 bridgehead atoms. The van der Waals surface area contributed by atoms with Gasteiger partial charge >= 0.3 is 0 Å². The number of fused-ring (bicyclic) bond motifs is 1. The molecule has 0 spiro atoms. The molecule has 0 atom stereocenters. The minimum atomic E-state index is -0.196. The van der Waals surface area contributed by atoms with Crippen LogP contribution >= 0.6 is 23.1 Å². The molecular formula is C26H27N3O2S2. The van der Waals surface area contributed by atoms with E-state index < -0.39 is 0 Å². The van der Waals surface area contributed by atoms with Crippen LogP contribution < -0.4 is 10.6 Å². The molecule has 2 aromatic carbocycles. The van der Waals surface area contributed by atoms with Crippen molar-refractivity contribution in [3.05, 3.63) is 54.1 Å². The summed E-state index contributed by atoms with van der Waals surface area (Å²) >= 11 is 2.90. The van der Waals surface area contributed by atoms with Crippen LogP contribution in [0.5, 0.6) is 0 Å². The number of benzene rings is 2. The summed E-state index contributed by atoms with van der Waals surface area (Å²) in [5.74, 6) is 2.62. The van der Waals surface area contributed by atoms with E-state index in [0.29, 0.717) is 16.4 Å². The fourth-order valence-electron chi connectivity index (χ4n) is 6.61. The highest BCUT2D eigenvalue weighted by Crippen LogP contribution is 2.55. The highest BCUT2D eigenvalue weighted by atomic mass is 32.2. The number of rotatable bonds is 6. The highest BCUT2D eigenvalue weighted by Gasteiger charge is 2.51. The number of nitrogens with one attached hydrogen (secondary N) is 2. The van der Waals surface area contributed by atoms with Crippen LogP contribution in [0.4, 0.5) is 5.13 Å². The zero-order valence-corrected chi connectivity index (χ0v) is 20.0. The maximum atomic E-state index is 13.0.